The molecule has 0 radical (unpaired) electrons. The minimum Gasteiger partial charge on any atom is -0.480 e. The van der Waals surface area contributed by atoms with Crippen molar-refractivity contribution in [3.8, 4) is 0 Å². The van der Waals surface area contributed by atoms with Gasteiger partial charge in [-0.05, 0) is 74.6 Å². The minimum atomic E-state index is -0.979. The highest BCUT2D eigenvalue weighted by Gasteiger charge is 2.43. The summed E-state index contributed by atoms with van der Waals surface area (Å²) in [6, 6.07) is 6.46. The Balaban J connectivity index is 1.57. The van der Waals surface area contributed by atoms with Crippen LogP contribution in [-0.4, -0.2) is 61.3 Å². The van der Waals surface area contributed by atoms with Crippen molar-refractivity contribution in [2.45, 2.75) is 51.0 Å². The first-order chi connectivity index (χ1) is 14.0. The lowest BCUT2D eigenvalue weighted by molar-refractivity contribution is -0.137. The van der Waals surface area contributed by atoms with Gasteiger partial charge in [-0.25, -0.2) is 0 Å². The van der Waals surface area contributed by atoms with E-state index in [1.54, 1.807) is 0 Å². The fourth-order valence-electron chi connectivity index (χ4n) is 5.76. The van der Waals surface area contributed by atoms with E-state index in [1.165, 1.54) is 48.3 Å². The van der Waals surface area contributed by atoms with E-state index in [1.807, 2.05) is 19.1 Å². The van der Waals surface area contributed by atoms with Crippen LogP contribution in [0.5, 0.6) is 0 Å². The molecule has 1 aromatic rings. The van der Waals surface area contributed by atoms with Crippen LogP contribution in [0.25, 0.3) is 0 Å². The van der Waals surface area contributed by atoms with Gasteiger partial charge in [0.1, 0.15) is 6.54 Å². The summed E-state index contributed by atoms with van der Waals surface area (Å²) in [6.45, 7) is 3.73. The Kier molecular flexibility index (Phi) is 5.81. The van der Waals surface area contributed by atoms with Crippen LogP contribution < -0.4 is 4.90 Å². The van der Waals surface area contributed by atoms with Crippen molar-refractivity contribution in [3.05, 3.63) is 29.3 Å². The predicted molar refractivity (Wildman–Crippen MR) is 111 cm³/mol. The number of carbonyl (C=O) groups excluding carboxylic acids is 1. The molecular formula is C23H32N2O4. The van der Waals surface area contributed by atoms with Crippen molar-refractivity contribution in [3.63, 3.8) is 0 Å². The molecule has 3 aliphatic rings. The first-order valence-corrected chi connectivity index (χ1v) is 10.9. The van der Waals surface area contributed by atoms with Crippen LogP contribution in [0.1, 0.15) is 60.9 Å². The average Bonchev–Trinajstić information content (AvgIpc) is 3.03. The summed E-state index contributed by atoms with van der Waals surface area (Å²) in [6.07, 6.45) is 5.99. The summed E-state index contributed by atoms with van der Waals surface area (Å²) in [7, 11) is 2.17. The topological polar surface area (TPSA) is 70.1 Å². The third kappa shape index (κ3) is 3.87. The van der Waals surface area contributed by atoms with E-state index in [4.69, 9.17) is 9.84 Å². The Hall–Kier alpha value is -2.08. The Morgan fingerprint density at radius 1 is 1.17 bits per heavy atom. The van der Waals surface area contributed by atoms with Gasteiger partial charge in [0.05, 0.1) is 0 Å². The van der Waals surface area contributed by atoms with Crippen molar-refractivity contribution in [2.24, 2.45) is 11.8 Å². The lowest BCUT2D eigenvalue weighted by atomic mass is 9.70. The van der Waals surface area contributed by atoms with Gasteiger partial charge in [-0.1, -0.05) is 0 Å². The van der Waals surface area contributed by atoms with E-state index in [-0.39, 0.29) is 12.5 Å². The van der Waals surface area contributed by atoms with E-state index in [0.717, 1.165) is 25.0 Å². The predicted octanol–water partition coefficient (Wildman–Crippen LogP) is 3.36. The fourth-order valence-corrected chi connectivity index (χ4v) is 5.76. The van der Waals surface area contributed by atoms with Gasteiger partial charge in [-0.3, -0.25) is 9.59 Å². The largest absolute Gasteiger partial charge is 0.480 e. The number of amides is 1. The number of carboxylic acids is 1. The maximum atomic E-state index is 12.9. The molecule has 1 aliphatic carbocycles. The molecule has 2 heterocycles. The van der Waals surface area contributed by atoms with Gasteiger partial charge in [-0.2, -0.15) is 0 Å². The van der Waals surface area contributed by atoms with Crippen LogP contribution in [0.3, 0.4) is 0 Å². The number of nitrogens with zero attached hydrogens (tertiary/aromatic N) is 2. The van der Waals surface area contributed by atoms with E-state index in [0.29, 0.717) is 24.1 Å². The highest BCUT2D eigenvalue weighted by Crippen LogP contribution is 2.51. The molecule has 1 saturated heterocycles. The van der Waals surface area contributed by atoms with Crippen molar-refractivity contribution in [1.29, 1.82) is 0 Å². The first kappa shape index (κ1) is 20.2. The Labute approximate surface area is 172 Å². The average molecular weight is 401 g/mol. The number of aliphatic carboxylic acids is 1. The second-order valence-electron chi connectivity index (χ2n) is 8.79. The maximum absolute atomic E-state index is 12.9. The molecule has 6 heteroatoms. The second kappa shape index (κ2) is 8.34. The molecule has 3 unspecified atom stereocenters. The number of fused-ring (bicyclic) bond motifs is 3. The number of ether oxygens (including phenoxy) is 1. The summed E-state index contributed by atoms with van der Waals surface area (Å²) in [5.74, 6) is 0.778. The minimum absolute atomic E-state index is 0.194. The SMILES string of the molecule is CCN(CC(=O)O)C(=O)c1ccc2c(c1)C1CC(C3CCOCC3)CCC1N2C. The van der Waals surface area contributed by atoms with Crippen LogP contribution in [0.15, 0.2) is 18.2 Å². The van der Waals surface area contributed by atoms with Gasteiger partial charge >= 0.3 is 5.97 Å². The van der Waals surface area contributed by atoms with Gasteiger partial charge in [0, 0.05) is 50.0 Å². The van der Waals surface area contributed by atoms with Crippen LogP contribution >= 0.6 is 0 Å². The maximum Gasteiger partial charge on any atom is 0.323 e. The lowest BCUT2D eigenvalue weighted by Gasteiger charge is -2.40. The van der Waals surface area contributed by atoms with Crippen molar-refractivity contribution in [2.75, 3.05) is 38.3 Å². The quantitative estimate of drug-likeness (QED) is 0.821. The van der Waals surface area contributed by atoms with Crippen molar-refractivity contribution < 1.29 is 19.4 Å². The highest BCUT2D eigenvalue weighted by atomic mass is 16.5. The molecule has 2 aliphatic heterocycles. The molecule has 4 rings (SSSR count). The summed E-state index contributed by atoms with van der Waals surface area (Å²) in [4.78, 5) is 27.8. The van der Waals surface area contributed by atoms with E-state index >= 15 is 0 Å². The third-order valence-electron chi connectivity index (χ3n) is 7.33. The van der Waals surface area contributed by atoms with E-state index < -0.39 is 5.97 Å². The van der Waals surface area contributed by atoms with E-state index in [9.17, 15) is 9.59 Å². The smallest absolute Gasteiger partial charge is 0.323 e. The van der Waals surface area contributed by atoms with Crippen LogP contribution in [-0.2, 0) is 9.53 Å². The van der Waals surface area contributed by atoms with Gasteiger partial charge in [0.2, 0.25) is 0 Å². The standard InChI is InChI=1S/C23H32N2O4/c1-3-25(14-22(26)27)23(28)17-5-7-21-19(13-17)18-12-16(4-6-20(18)24(21)2)15-8-10-29-11-9-15/h5,7,13,15-16,18,20H,3-4,6,8-12,14H2,1-2H3,(H,26,27). The number of hydrogen-bond acceptors (Lipinski definition) is 4. The first-order valence-electron chi connectivity index (χ1n) is 10.9. The van der Waals surface area contributed by atoms with Gasteiger partial charge in [0.15, 0.2) is 0 Å². The Morgan fingerprint density at radius 2 is 1.93 bits per heavy atom. The van der Waals surface area contributed by atoms with Crippen LogP contribution in [0.4, 0.5) is 5.69 Å². The third-order valence-corrected chi connectivity index (χ3v) is 7.33. The number of carboxylic acid groups (broad SMARTS) is 1. The molecule has 3 atom stereocenters. The zero-order valence-corrected chi connectivity index (χ0v) is 17.5. The molecule has 29 heavy (non-hydrogen) atoms. The Bertz CT molecular complexity index is 774. The lowest BCUT2D eigenvalue weighted by Crippen LogP contribution is -2.37. The summed E-state index contributed by atoms with van der Waals surface area (Å²) in [5.41, 5.74) is 3.10. The van der Waals surface area contributed by atoms with Gasteiger partial charge < -0.3 is 19.6 Å². The number of likely N-dealkylation sites (N-methyl/N-ethyl adjacent to an activating group) is 2. The molecular weight excluding hydrogens is 368 g/mol. The number of rotatable bonds is 5. The number of hydrogen-bond donors (Lipinski definition) is 1. The van der Waals surface area contributed by atoms with E-state index in [2.05, 4.69) is 18.0 Å². The normalized spacial score (nSPS) is 26.7. The zero-order chi connectivity index (χ0) is 20.5. The molecule has 6 nitrogen and oxygen atoms in total. The summed E-state index contributed by atoms with van der Waals surface area (Å²) >= 11 is 0. The Morgan fingerprint density at radius 3 is 2.62 bits per heavy atom. The highest BCUT2D eigenvalue weighted by molar-refractivity contribution is 5.96. The number of carbonyl (C=O) groups is 2. The zero-order valence-electron chi connectivity index (χ0n) is 17.5. The molecule has 1 saturated carbocycles. The van der Waals surface area contributed by atoms with Crippen LogP contribution in [0.2, 0.25) is 0 Å². The molecule has 1 N–H and O–H groups in total. The second-order valence-corrected chi connectivity index (χ2v) is 8.79. The summed E-state index contributed by atoms with van der Waals surface area (Å²) in [5, 5.41) is 9.10. The molecule has 2 fully saturated rings. The molecule has 0 spiro atoms. The van der Waals surface area contributed by atoms with Crippen molar-refractivity contribution >= 4 is 17.6 Å². The molecule has 1 amide bonds. The molecule has 0 bridgehead atoms. The van der Waals surface area contributed by atoms with Crippen molar-refractivity contribution in [1.82, 2.24) is 4.90 Å². The number of benzene rings is 1. The fraction of sp³-hybridized carbons (Fsp3) is 0.652. The summed E-state index contributed by atoms with van der Waals surface area (Å²) < 4.78 is 5.56. The molecule has 1 aromatic carbocycles. The van der Waals surface area contributed by atoms with Gasteiger partial charge in [-0.15, -0.1) is 0 Å². The van der Waals surface area contributed by atoms with Gasteiger partial charge in [0.25, 0.3) is 5.91 Å². The number of anilines is 1. The van der Waals surface area contributed by atoms with Crippen LogP contribution in [0, 0.1) is 11.8 Å². The molecule has 0 aromatic heterocycles. The monoisotopic (exact) mass is 400 g/mol. The molecule has 158 valence electrons.